The highest BCUT2D eigenvalue weighted by molar-refractivity contribution is 9.10. The summed E-state index contributed by atoms with van der Waals surface area (Å²) < 4.78 is 0.925. The molecule has 1 heterocycles. The molecule has 18 heavy (non-hydrogen) atoms. The van der Waals surface area contributed by atoms with Crippen molar-refractivity contribution in [1.82, 2.24) is 10.3 Å². The first kappa shape index (κ1) is 12.6. The van der Waals surface area contributed by atoms with E-state index in [4.69, 9.17) is 0 Å². The third-order valence-corrected chi connectivity index (χ3v) is 2.78. The standard InChI is InChI=1S/C13H12BrN3O/c14-11-2-1-3-12(8-11)17-13(18)16-9-10-4-6-15-7-5-10/h1-8H,9H2,(H2,16,17,18). The smallest absolute Gasteiger partial charge is 0.319 e. The second-order valence-corrected chi connectivity index (χ2v) is 4.59. The van der Waals surface area contributed by atoms with Crippen molar-refractivity contribution in [2.45, 2.75) is 6.54 Å². The van der Waals surface area contributed by atoms with E-state index in [0.717, 1.165) is 15.7 Å². The Bertz CT molecular complexity index is 531. The molecule has 1 aromatic carbocycles. The quantitative estimate of drug-likeness (QED) is 0.915. The van der Waals surface area contributed by atoms with E-state index >= 15 is 0 Å². The first-order valence-corrected chi connectivity index (χ1v) is 6.22. The van der Waals surface area contributed by atoms with Gasteiger partial charge in [0.1, 0.15) is 0 Å². The van der Waals surface area contributed by atoms with Gasteiger partial charge in [-0.05, 0) is 35.9 Å². The van der Waals surface area contributed by atoms with Crippen molar-refractivity contribution >= 4 is 27.6 Å². The molecule has 2 aromatic rings. The van der Waals surface area contributed by atoms with Gasteiger partial charge in [-0.3, -0.25) is 4.98 Å². The number of hydrogen-bond donors (Lipinski definition) is 2. The number of rotatable bonds is 3. The number of carbonyl (C=O) groups is 1. The average molecular weight is 306 g/mol. The largest absolute Gasteiger partial charge is 0.334 e. The molecule has 4 nitrogen and oxygen atoms in total. The van der Waals surface area contributed by atoms with Crippen LogP contribution < -0.4 is 10.6 Å². The van der Waals surface area contributed by atoms with Crippen LogP contribution in [0.15, 0.2) is 53.3 Å². The maximum atomic E-state index is 11.6. The molecule has 92 valence electrons. The monoisotopic (exact) mass is 305 g/mol. The highest BCUT2D eigenvalue weighted by atomic mass is 79.9. The summed E-state index contributed by atoms with van der Waals surface area (Å²) in [6, 6.07) is 10.9. The lowest BCUT2D eigenvalue weighted by molar-refractivity contribution is 0.251. The molecule has 0 saturated heterocycles. The SMILES string of the molecule is O=C(NCc1ccncc1)Nc1cccc(Br)c1. The molecule has 0 radical (unpaired) electrons. The van der Waals surface area contributed by atoms with Gasteiger partial charge in [0, 0.05) is 29.1 Å². The van der Waals surface area contributed by atoms with E-state index in [1.165, 1.54) is 0 Å². The number of pyridine rings is 1. The lowest BCUT2D eigenvalue weighted by Gasteiger charge is -2.07. The second-order valence-electron chi connectivity index (χ2n) is 3.67. The number of nitrogens with zero attached hydrogens (tertiary/aromatic N) is 1. The van der Waals surface area contributed by atoms with Gasteiger partial charge in [0.15, 0.2) is 0 Å². The third kappa shape index (κ3) is 3.85. The Morgan fingerprint density at radius 1 is 1.22 bits per heavy atom. The van der Waals surface area contributed by atoms with Crippen LogP contribution in [0.25, 0.3) is 0 Å². The lowest BCUT2D eigenvalue weighted by atomic mass is 10.3. The Kier molecular flexibility index (Phi) is 4.30. The van der Waals surface area contributed by atoms with Crippen LogP contribution in [0.1, 0.15) is 5.56 Å². The number of anilines is 1. The fourth-order valence-electron chi connectivity index (χ4n) is 1.42. The van der Waals surface area contributed by atoms with E-state index in [1.807, 2.05) is 36.4 Å². The predicted molar refractivity (Wildman–Crippen MR) is 74.2 cm³/mol. The minimum atomic E-state index is -0.232. The molecular weight excluding hydrogens is 294 g/mol. The Morgan fingerprint density at radius 2 is 2.00 bits per heavy atom. The van der Waals surface area contributed by atoms with Crippen molar-refractivity contribution in [2.75, 3.05) is 5.32 Å². The maximum absolute atomic E-state index is 11.6. The number of nitrogens with one attached hydrogen (secondary N) is 2. The van der Waals surface area contributed by atoms with E-state index in [1.54, 1.807) is 12.4 Å². The number of halogens is 1. The number of amides is 2. The van der Waals surface area contributed by atoms with Crippen LogP contribution in [0, 0.1) is 0 Å². The molecule has 0 unspecified atom stereocenters. The normalized spacial score (nSPS) is 9.83. The minimum absolute atomic E-state index is 0.232. The zero-order valence-corrected chi connectivity index (χ0v) is 11.1. The summed E-state index contributed by atoms with van der Waals surface area (Å²) in [5.41, 5.74) is 1.76. The highest BCUT2D eigenvalue weighted by Gasteiger charge is 2.01. The number of urea groups is 1. The molecule has 0 saturated carbocycles. The fraction of sp³-hybridized carbons (Fsp3) is 0.0769. The van der Waals surface area contributed by atoms with Gasteiger partial charge >= 0.3 is 6.03 Å². The summed E-state index contributed by atoms with van der Waals surface area (Å²) in [7, 11) is 0. The zero-order valence-electron chi connectivity index (χ0n) is 9.56. The van der Waals surface area contributed by atoms with Crippen LogP contribution in [-0.4, -0.2) is 11.0 Å². The Morgan fingerprint density at radius 3 is 2.72 bits per heavy atom. The molecule has 0 aliphatic carbocycles. The van der Waals surface area contributed by atoms with Crippen LogP contribution in [-0.2, 0) is 6.54 Å². The molecule has 0 bridgehead atoms. The van der Waals surface area contributed by atoms with Crippen molar-refractivity contribution < 1.29 is 4.79 Å². The molecule has 2 amide bonds. The van der Waals surface area contributed by atoms with Crippen molar-refractivity contribution in [3.8, 4) is 0 Å². The van der Waals surface area contributed by atoms with E-state index < -0.39 is 0 Å². The number of benzene rings is 1. The highest BCUT2D eigenvalue weighted by Crippen LogP contribution is 2.15. The van der Waals surface area contributed by atoms with Gasteiger partial charge in [-0.25, -0.2) is 4.79 Å². The number of hydrogen-bond acceptors (Lipinski definition) is 2. The van der Waals surface area contributed by atoms with Crippen molar-refractivity contribution in [1.29, 1.82) is 0 Å². The third-order valence-electron chi connectivity index (χ3n) is 2.28. The van der Waals surface area contributed by atoms with Gasteiger partial charge < -0.3 is 10.6 Å². The minimum Gasteiger partial charge on any atom is -0.334 e. The van der Waals surface area contributed by atoms with Crippen molar-refractivity contribution in [3.05, 3.63) is 58.8 Å². The van der Waals surface area contributed by atoms with Gasteiger partial charge in [0.2, 0.25) is 0 Å². The average Bonchev–Trinajstić information content (AvgIpc) is 2.38. The second kappa shape index (κ2) is 6.16. The van der Waals surface area contributed by atoms with Crippen LogP contribution in [0.3, 0.4) is 0 Å². The van der Waals surface area contributed by atoms with Crippen LogP contribution >= 0.6 is 15.9 Å². The van der Waals surface area contributed by atoms with Gasteiger partial charge in [-0.2, -0.15) is 0 Å². The summed E-state index contributed by atoms with van der Waals surface area (Å²) in [5.74, 6) is 0. The molecule has 2 rings (SSSR count). The van der Waals surface area contributed by atoms with Gasteiger partial charge in [0.05, 0.1) is 0 Å². The van der Waals surface area contributed by atoms with Gasteiger partial charge in [0.25, 0.3) is 0 Å². The van der Waals surface area contributed by atoms with Crippen molar-refractivity contribution in [2.24, 2.45) is 0 Å². The maximum Gasteiger partial charge on any atom is 0.319 e. The topological polar surface area (TPSA) is 54.0 Å². The molecule has 0 aliphatic rings. The molecule has 0 aliphatic heterocycles. The molecule has 5 heteroatoms. The van der Waals surface area contributed by atoms with Crippen molar-refractivity contribution in [3.63, 3.8) is 0 Å². The fourth-order valence-corrected chi connectivity index (χ4v) is 1.82. The van der Waals surface area contributed by atoms with E-state index in [0.29, 0.717) is 6.54 Å². The first-order chi connectivity index (χ1) is 8.74. The Balaban J connectivity index is 1.86. The summed E-state index contributed by atoms with van der Waals surface area (Å²) in [4.78, 5) is 15.6. The Labute approximate surface area is 114 Å². The van der Waals surface area contributed by atoms with Gasteiger partial charge in [-0.1, -0.05) is 22.0 Å². The molecule has 0 spiro atoms. The summed E-state index contributed by atoms with van der Waals surface area (Å²) in [6.07, 6.45) is 3.40. The van der Waals surface area contributed by atoms with Crippen LogP contribution in [0.4, 0.5) is 10.5 Å². The van der Waals surface area contributed by atoms with Gasteiger partial charge in [-0.15, -0.1) is 0 Å². The lowest BCUT2D eigenvalue weighted by Crippen LogP contribution is -2.28. The zero-order chi connectivity index (χ0) is 12.8. The first-order valence-electron chi connectivity index (χ1n) is 5.43. The molecule has 2 N–H and O–H groups in total. The number of aromatic nitrogens is 1. The van der Waals surface area contributed by atoms with E-state index in [2.05, 4.69) is 31.5 Å². The van der Waals surface area contributed by atoms with E-state index in [9.17, 15) is 4.79 Å². The van der Waals surface area contributed by atoms with E-state index in [-0.39, 0.29) is 6.03 Å². The molecule has 0 fully saturated rings. The summed E-state index contributed by atoms with van der Waals surface area (Å²) in [5, 5.41) is 5.53. The molecule has 0 atom stereocenters. The predicted octanol–water partition coefficient (Wildman–Crippen LogP) is 3.17. The number of carbonyl (C=O) groups excluding carboxylic acids is 1. The van der Waals surface area contributed by atoms with Crippen LogP contribution in [0.5, 0.6) is 0 Å². The molecule has 1 aromatic heterocycles. The summed E-state index contributed by atoms with van der Waals surface area (Å²) in [6.45, 7) is 0.475. The molecular formula is C13H12BrN3O. The Hall–Kier alpha value is -1.88. The van der Waals surface area contributed by atoms with Crippen LogP contribution in [0.2, 0.25) is 0 Å². The summed E-state index contributed by atoms with van der Waals surface area (Å²) >= 11 is 3.35.